The predicted octanol–water partition coefficient (Wildman–Crippen LogP) is 1.68. The lowest BCUT2D eigenvalue weighted by molar-refractivity contribution is -0.149. The molecular formula is C15H26O6. The van der Waals surface area contributed by atoms with Gasteiger partial charge in [0.2, 0.25) is 0 Å². The standard InChI is InChI=1S/C15H26O6/c1-5-17-10-13-15(19-7-3)14(18-6-2)12(9-21-13)8-20-11(4)16/h9,13-15H,5-8,10H2,1-4H3/t13-,14-,15-/m1/s1. The van der Waals surface area contributed by atoms with Gasteiger partial charge in [-0.1, -0.05) is 0 Å². The highest BCUT2D eigenvalue weighted by atomic mass is 16.6. The summed E-state index contributed by atoms with van der Waals surface area (Å²) in [6, 6.07) is 0. The fraction of sp³-hybridized carbons (Fsp3) is 0.800. The van der Waals surface area contributed by atoms with Crippen molar-refractivity contribution in [2.24, 2.45) is 0 Å². The maximum absolute atomic E-state index is 11.0. The molecule has 0 aromatic carbocycles. The molecule has 0 saturated heterocycles. The third kappa shape index (κ3) is 5.65. The van der Waals surface area contributed by atoms with Gasteiger partial charge in [-0.2, -0.15) is 0 Å². The van der Waals surface area contributed by atoms with Crippen LogP contribution in [0, 0.1) is 0 Å². The summed E-state index contributed by atoms with van der Waals surface area (Å²) in [5, 5.41) is 0. The van der Waals surface area contributed by atoms with Crippen LogP contribution >= 0.6 is 0 Å². The Bertz CT molecular complexity index is 341. The Balaban J connectivity index is 2.82. The lowest BCUT2D eigenvalue weighted by Crippen LogP contribution is -2.49. The highest BCUT2D eigenvalue weighted by Gasteiger charge is 2.38. The number of ether oxygens (including phenoxy) is 5. The molecule has 0 aliphatic carbocycles. The van der Waals surface area contributed by atoms with E-state index in [9.17, 15) is 4.79 Å². The van der Waals surface area contributed by atoms with Crippen LogP contribution in [0.5, 0.6) is 0 Å². The Morgan fingerprint density at radius 2 is 1.90 bits per heavy atom. The first-order chi connectivity index (χ1) is 10.1. The second-order valence-corrected chi connectivity index (χ2v) is 4.60. The zero-order chi connectivity index (χ0) is 15.7. The number of carbonyl (C=O) groups excluding carboxylic acids is 1. The molecule has 122 valence electrons. The van der Waals surface area contributed by atoms with Crippen molar-refractivity contribution in [1.29, 1.82) is 0 Å². The van der Waals surface area contributed by atoms with Crippen LogP contribution in [0.4, 0.5) is 0 Å². The number of hydrogen-bond acceptors (Lipinski definition) is 6. The molecule has 1 rings (SSSR count). The topological polar surface area (TPSA) is 63.2 Å². The van der Waals surface area contributed by atoms with E-state index in [2.05, 4.69) is 0 Å². The smallest absolute Gasteiger partial charge is 0.302 e. The van der Waals surface area contributed by atoms with Gasteiger partial charge in [-0.3, -0.25) is 4.79 Å². The van der Waals surface area contributed by atoms with Gasteiger partial charge in [0.25, 0.3) is 0 Å². The minimum absolute atomic E-state index is 0.144. The first-order valence-electron chi connectivity index (χ1n) is 7.42. The summed E-state index contributed by atoms with van der Waals surface area (Å²) in [5.41, 5.74) is 0.762. The fourth-order valence-corrected chi connectivity index (χ4v) is 2.16. The summed E-state index contributed by atoms with van der Waals surface area (Å²) in [7, 11) is 0. The summed E-state index contributed by atoms with van der Waals surface area (Å²) < 4.78 is 27.7. The quantitative estimate of drug-likeness (QED) is 0.604. The number of hydrogen-bond donors (Lipinski definition) is 0. The van der Waals surface area contributed by atoms with Crippen molar-refractivity contribution < 1.29 is 28.5 Å². The van der Waals surface area contributed by atoms with Gasteiger partial charge in [-0.15, -0.1) is 0 Å². The molecule has 0 bridgehead atoms. The molecule has 1 aliphatic rings. The largest absolute Gasteiger partial charge is 0.493 e. The first kappa shape index (κ1) is 17.9. The van der Waals surface area contributed by atoms with Crippen LogP contribution < -0.4 is 0 Å². The summed E-state index contributed by atoms with van der Waals surface area (Å²) >= 11 is 0. The Morgan fingerprint density at radius 3 is 2.48 bits per heavy atom. The van der Waals surface area contributed by atoms with Crippen molar-refractivity contribution in [3.05, 3.63) is 11.8 Å². The fourth-order valence-electron chi connectivity index (χ4n) is 2.16. The van der Waals surface area contributed by atoms with E-state index in [1.165, 1.54) is 6.92 Å². The second kappa shape index (κ2) is 9.76. The molecule has 1 heterocycles. The van der Waals surface area contributed by atoms with E-state index >= 15 is 0 Å². The van der Waals surface area contributed by atoms with E-state index in [4.69, 9.17) is 23.7 Å². The van der Waals surface area contributed by atoms with E-state index in [1.54, 1.807) is 6.26 Å². The molecule has 0 saturated carbocycles. The van der Waals surface area contributed by atoms with Crippen molar-refractivity contribution in [3.63, 3.8) is 0 Å². The number of carbonyl (C=O) groups is 1. The third-order valence-corrected chi connectivity index (χ3v) is 3.06. The molecule has 0 fully saturated rings. The Kier molecular flexibility index (Phi) is 8.34. The molecule has 3 atom stereocenters. The molecular weight excluding hydrogens is 276 g/mol. The number of esters is 1. The number of rotatable bonds is 9. The molecule has 1 aliphatic heterocycles. The lowest BCUT2D eigenvalue weighted by Gasteiger charge is -2.37. The van der Waals surface area contributed by atoms with Crippen LogP contribution in [0.2, 0.25) is 0 Å². The van der Waals surface area contributed by atoms with Crippen molar-refractivity contribution >= 4 is 5.97 Å². The minimum atomic E-state index is -0.337. The van der Waals surface area contributed by atoms with E-state index in [0.717, 1.165) is 5.57 Å². The van der Waals surface area contributed by atoms with Gasteiger partial charge in [-0.25, -0.2) is 0 Å². The highest BCUT2D eigenvalue weighted by Crippen LogP contribution is 2.25. The van der Waals surface area contributed by atoms with Gasteiger partial charge in [0, 0.05) is 32.3 Å². The summed E-state index contributed by atoms with van der Waals surface area (Å²) in [5.74, 6) is -0.337. The lowest BCUT2D eigenvalue weighted by atomic mass is 9.99. The van der Waals surface area contributed by atoms with E-state index in [1.807, 2.05) is 20.8 Å². The maximum Gasteiger partial charge on any atom is 0.302 e. The van der Waals surface area contributed by atoms with E-state index in [-0.39, 0.29) is 30.9 Å². The third-order valence-electron chi connectivity index (χ3n) is 3.06. The average Bonchev–Trinajstić information content (AvgIpc) is 2.46. The normalized spacial score (nSPS) is 25.1. The summed E-state index contributed by atoms with van der Waals surface area (Å²) in [6.07, 6.45) is 0.788. The average molecular weight is 302 g/mol. The zero-order valence-electron chi connectivity index (χ0n) is 13.3. The molecule has 6 heteroatoms. The van der Waals surface area contributed by atoms with Gasteiger partial charge in [0.05, 0.1) is 12.9 Å². The van der Waals surface area contributed by atoms with Crippen LogP contribution in [0.15, 0.2) is 11.8 Å². The minimum Gasteiger partial charge on any atom is -0.493 e. The molecule has 0 spiro atoms. The molecule has 0 N–H and O–H groups in total. The van der Waals surface area contributed by atoms with Crippen LogP contribution in [0.25, 0.3) is 0 Å². The zero-order valence-corrected chi connectivity index (χ0v) is 13.3. The Labute approximate surface area is 126 Å². The van der Waals surface area contributed by atoms with Gasteiger partial charge in [-0.05, 0) is 20.8 Å². The monoisotopic (exact) mass is 302 g/mol. The highest BCUT2D eigenvalue weighted by molar-refractivity contribution is 5.66. The summed E-state index contributed by atoms with van der Waals surface area (Å²) in [6.45, 7) is 9.41. The van der Waals surface area contributed by atoms with Crippen molar-refractivity contribution in [1.82, 2.24) is 0 Å². The molecule has 0 unspecified atom stereocenters. The van der Waals surface area contributed by atoms with Crippen molar-refractivity contribution in [2.75, 3.05) is 33.0 Å². The van der Waals surface area contributed by atoms with Gasteiger partial charge in [0.15, 0.2) is 0 Å². The molecule has 0 aromatic heterocycles. The van der Waals surface area contributed by atoms with E-state index < -0.39 is 0 Å². The molecule has 0 amide bonds. The first-order valence-corrected chi connectivity index (χ1v) is 7.42. The van der Waals surface area contributed by atoms with Crippen molar-refractivity contribution in [2.45, 2.75) is 46.0 Å². The van der Waals surface area contributed by atoms with Gasteiger partial charge >= 0.3 is 5.97 Å². The van der Waals surface area contributed by atoms with Gasteiger partial charge in [0.1, 0.15) is 24.9 Å². The van der Waals surface area contributed by atoms with Crippen LogP contribution in [-0.4, -0.2) is 57.3 Å². The van der Waals surface area contributed by atoms with Gasteiger partial charge < -0.3 is 23.7 Å². The molecule has 21 heavy (non-hydrogen) atoms. The molecule has 0 aromatic rings. The van der Waals surface area contributed by atoms with E-state index in [0.29, 0.717) is 26.4 Å². The second-order valence-electron chi connectivity index (χ2n) is 4.60. The Morgan fingerprint density at radius 1 is 1.19 bits per heavy atom. The Hall–Kier alpha value is -1.11. The van der Waals surface area contributed by atoms with Crippen LogP contribution in [-0.2, 0) is 28.5 Å². The maximum atomic E-state index is 11.0. The van der Waals surface area contributed by atoms with Crippen LogP contribution in [0.1, 0.15) is 27.7 Å². The van der Waals surface area contributed by atoms with Crippen molar-refractivity contribution in [3.8, 4) is 0 Å². The predicted molar refractivity (Wildman–Crippen MR) is 76.9 cm³/mol. The van der Waals surface area contributed by atoms with Crippen LogP contribution in [0.3, 0.4) is 0 Å². The molecule has 0 radical (unpaired) electrons. The molecule has 6 nitrogen and oxygen atoms in total. The SMILES string of the molecule is CCOC[C@H]1OC=C(COC(C)=O)[C@@H](OCC)[C@@H]1OCC. The summed E-state index contributed by atoms with van der Waals surface area (Å²) in [4.78, 5) is 11.0.